The van der Waals surface area contributed by atoms with Gasteiger partial charge in [-0.15, -0.1) is 0 Å². The maximum atomic E-state index is 13.2. The van der Waals surface area contributed by atoms with Crippen molar-refractivity contribution in [2.24, 2.45) is 0 Å². The van der Waals surface area contributed by atoms with Crippen LogP contribution in [0, 0.1) is 0 Å². The molecule has 0 fully saturated rings. The van der Waals surface area contributed by atoms with E-state index >= 15 is 0 Å². The molecule has 2 N–H and O–H groups in total. The summed E-state index contributed by atoms with van der Waals surface area (Å²) < 4.78 is 0. The number of hydrogen-bond acceptors (Lipinski definition) is 4. The van der Waals surface area contributed by atoms with E-state index in [2.05, 4.69) is 15.3 Å². The molecule has 1 atom stereocenters. The third kappa shape index (κ3) is 5.66. The van der Waals surface area contributed by atoms with Crippen LogP contribution in [0.4, 0.5) is 10.6 Å². The minimum absolute atomic E-state index is 0.255. The number of carboxylic acid groups (broad SMARTS) is 1. The highest BCUT2D eigenvalue weighted by Gasteiger charge is 2.37. The predicted molar refractivity (Wildman–Crippen MR) is 120 cm³/mol. The van der Waals surface area contributed by atoms with E-state index in [1.807, 2.05) is 48.5 Å². The molecule has 0 aliphatic heterocycles. The lowest BCUT2D eigenvalue weighted by Gasteiger charge is -2.38. The van der Waals surface area contributed by atoms with E-state index < -0.39 is 23.6 Å². The first-order chi connectivity index (χ1) is 14.8. The Bertz CT molecular complexity index is 1020. The van der Waals surface area contributed by atoms with Crippen LogP contribution >= 0.6 is 0 Å². The first-order valence-corrected chi connectivity index (χ1v) is 9.99. The summed E-state index contributed by atoms with van der Waals surface area (Å²) in [6.45, 7) is 5.32. The van der Waals surface area contributed by atoms with Gasteiger partial charge in [0.05, 0.1) is 0 Å². The fraction of sp³-hybridized carbons (Fsp3) is 0.250. The summed E-state index contributed by atoms with van der Waals surface area (Å²) in [5, 5.41) is 12.6. The Kier molecular flexibility index (Phi) is 6.65. The molecule has 2 aromatic heterocycles. The van der Waals surface area contributed by atoms with Crippen LogP contribution in [0.3, 0.4) is 0 Å². The van der Waals surface area contributed by atoms with Gasteiger partial charge in [0, 0.05) is 36.1 Å². The summed E-state index contributed by atoms with van der Waals surface area (Å²) >= 11 is 0. The van der Waals surface area contributed by atoms with Crippen LogP contribution in [0.2, 0.25) is 0 Å². The van der Waals surface area contributed by atoms with Gasteiger partial charge in [-0.2, -0.15) is 0 Å². The van der Waals surface area contributed by atoms with Gasteiger partial charge in [-0.3, -0.25) is 14.7 Å². The highest BCUT2D eigenvalue weighted by Crippen LogP contribution is 2.23. The number of benzene rings is 1. The van der Waals surface area contributed by atoms with Crippen LogP contribution in [0.25, 0.3) is 11.1 Å². The lowest BCUT2D eigenvalue weighted by Crippen LogP contribution is -2.56. The van der Waals surface area contributed by atoms with Crippen LogP contribution in [-0.2, 0) is 11.2 Å². The largest absolute Gasteiger partial charge is 0.465 e. The van der Waals surface area contributed by atoms with Gasteiger partial charge >= 0.3 is 6.09 Å². The normalized spacial score (nSPS) is 12.1. The fourth-order valence-corrected chi connectivity index (χ4v) is 3.42. The minimum Gasteiger partial charge on any atom is -0.465 e. The van der Waals surface area contributed by atoms with E-state index in [0.717, 1.165) is 16.7 Å². The van der Waals surface area contributed by atoms with Crippen molar-refractivity contribution in [2.45, 2.75) is 38.8 Å². The molecule has 0 aliphatic carbocycles. The highest BCUT2D eigenvalue weighted by molar-refractivity contribution is 5.96. The molecule has 0 radical (unpaired) electrons. The van der Waals surface area contributed by atoms with Crippen LogP contribution in [0.5, 0.6) is 0 Å². The third-order valence-corrected chi connectivity index (χ3v) is 4.84. The Morgan fingerprint density at radius 1 is 1.00 bits per heavy atom. The van der Waals surface area contributed by atoms with E-state index in [1.54, 1.807) is 45.4 Å². The Hall–Kier alpha value is -3.74. The van der Waals surface area contributed by atoms with Crippen molar-refractivity contribution in [1.82, 2.24) is 14.9 Å². The fourth-order valence-electron chi connectivity index (χ4n) is 3.42. The molecule has 1 aromatic carbocycles. The molecule has 2 amide bonds. The Labute approximate surface area is 181 Å². The Morgan fingerprint density at radius 3 is 2.23 bits per heavy atom. The van der Waals surface area contributed by atoms with E-state index in [4.69, 9.17) is 0 Å². The van der Waals surface area contributed by atoms with Gasteiger partial charge < -0.3 is 10.4 Å². The molecular weight excluding hydrogens is 392 g/mol. The highest BCUT2D eigenvalue weighted by atomic mass is 16.4. The summed E-state index contributed by atoms with van der Waals surface area (Å²) in [4.78, 5) is 34.8. The average molecular weight is 418 g/mol. The quantitative estimate of drug-likeness (QED) is 0.616. The number of carbonyl (C=O) groups excluding carboxylic acids is 1. The molecule has 3 aromatic rings. The number of nitrogens with zero attached hydrogens (tertiary/aromatic N) is 3. The number of hydrogen-bond donors (Lipinski definition) is 2. The van der Waals surface area contributed by atoms with Crippen LogP contribution in [0.15, 0.2) is 73.2 Å². The van der Waals surface area contributed by atoms with Gasteiger partial charge in [-0.25, -0.2) is 9.78 Å². The number of amides is 2. The number of anilines is 1. The summed E-state index contributed by atoms with van der Waals surface area (Å²) in [6.07, 6.45) is 4.17. The van der Waals surface area contributed by atoms with Crippen molar-refractivity contribution < 1.29 is 14.7 Å². The van der Waals surface area contributed by atoms with Gasteiger partial charge in [0.1, 0.15) is 11.9 Å². The second kappa shape index (κ2) is 9.38. The molecule has 3 rings (SSSR count). The number of aromatic nitrogens is 2. The molecule has 0 aliphatic rings. The summed E-state index contributed by atoms with van der Waals surface area (Å²) in [6, 6.07) is 15.8. The minimum atomic E-state index is -1.15. The number of pyridine rings is 2. The molecule has 0 saturated heterocycles. The lowest BCUT2D eigenvalue weighted by atomic mass is 9.98. The molecule has 2 heterocycles. The van der Waals surface area contributed by atoms with Crippen LogP contribution in [-0.4, -0.2) is 43.6 Å². The van der Waals surface area contributed by atoms with E-state index in [1.165, 1.54) is 4.90 Å². The summed E-state index contributed by atoms with van der Waals surface area (Å²) in [5.74, 6) is -0.0644. The molecule has 7 nitrogen and oxygen atoms in total. The molecule has 0 saturated carbocycles. The van der Waals surface area contributed by atoms with Gasteiger partial charge in [-0.1, -0.05) is 30.3 Å². The van der Waals surface area contributed by atoms with Crippen molar-refractivity contribution >= 4 is 17.8 Å². The third-order valence-electron chi connectivity index (χ3n) is 4.84. The summed E-state index contributed by atoms with van der Waals surface area (Å²) in [7, 11) is 0. The lowest BCUT2D eigenvalue weighted by molar-refractivity contribution is -0.122. The zero-order valence-electron chi connectivity index (χ0n) is 17.8. The van der Waals surface area contributed by atoms with E-state index in [-0.39, 0.29) is 6.42 Å². The van der Waals surface area contributed by atoms with Gasteiger partial charge in [0.25, 0.3) is 0 Å². The van der Waals surface area contributed by atoms with Crippen LogP contribution < -0.4 is 5.32 Å². The monoisotopic (exact) mass is 418 g/mol. The SMILES string of the molecule is CC(C)(C)N(C(=O)O)[C@@H](Cc1ccccc1)C(=O)Nc1ccc(-c2ccncc2)cn1. The molecule has 0 unspecified atom stereocenters. The second-order valence-electron chi connectivity index (χ2n) is 8.19. The number of nitrogens with one attached hydrogen (secondary N) is 1. The number of carbonyl (C=O) groups is 2. The zero-order valence-corrected chi connectivity index (χ0v) is 17.8. The van der Waals surface area contributed by atoms with E-state index in [9.17, 15) is 14.7 Å². The number of rotatable bonds is 6. The summed E-state index contributed by atoms with van der Waals surface area (Å²) in [5.41, 5.74) is 1.97. The molecule has 7 heteroatoms. The average Bonchev–Trinajstić information content (AvgIpc) is 2.74. The topological polar surface area (TPSA) is 95.4 Å². The molecule has 160 valence electrons. The van der Waals surface area contributed by atoms with Crippen molar-refractivity contribution in [3.63, 3.8) is 0 Å². The Balaban J connectivity index is 1.84. The maximum absolute atomic E-state index is 13.2. The molecule has 0 bridgehead atoms. The molecular formula is C24H26N4O3. The van der Waals surface area contributed by atoms with Crippen molar-refractivity contribution in [1.29, 1.82) is 0 Å². The zero-order chi connectivity index (χ0) is 22.4. The smallest absolute Gasteiger partial charge is 0.408 e. The van der Waals surface area contributed by atoms with E-state index in [0.29, 0.717) is 5.82 Å². The first kappa shape index (κ1) is 22.0. The second-order valence-corrected chi connectivity index (χ2v) is 8.19. The van der Waals surface area contributed by atoms with Crippen LogP contribution in [0.1, 0.15) is 26.3 Å². The molecule has 0 spiro atoms. The Morgan fingerprint density at radius 2 is 1.68 bits per heavy atom. The molecule has 31 heavy (non-hydrogen) atoms. The predicted octanol–water partition coefficient (Wildman–Crippen LogP) is 4.47. The van der Waals surface area contributed by atoms with Gasteiger partial charge in [-0.05, 0) is 56.2 Å². The van der Waals surface area contributed by atoms with Gasteiger partial charge in [0.15, 0.2) is 0 Å². The van der Waals surface area contributed by atoms with Crippen molar-refractivity contribution in [3.8, 4) is 11.1 Å². The van der Waals surface area contributed by atoms with Crippen molar-refractivity contribution in [2.75, 3.05) is 5.32 Å². The van der Waals surface area contributed by atoms with Gasteiger partial charge in [0.2, 0.25) is 5.91 Å². The standard InChI is InChI=1S/C24H26N4O3/c1-24(2,3)28(23(30)31)20(15-17-7-5-4-6-8-17)22(29)27-21-10-9-19(16-26-21)18-11-13-25-14-12-18/h4-14,16,20H,15H2,1-3H3,(H,30,31)(H,26,27,29)/t20-/m0/s1. The van der Waals surface area contributed by atoms with Crippen molar-refractivity contribution in [3.05, 3.63) is 78.8 Å². The first-order valence-electron chi connectivity index (χ1n) is 9.99. The maximum Gasteiger partial charge on any atom is 0.408 e.